The minimum Gasteiger partial charge on any atom is -0.394 e. The van der Waals surface area contributed by atoms with Crippen LogP contribution in [-0.4, -0.2) is 50.0 Å². The highest BCUT2D eigenvalue weighted by atomic mass is 32.2. The van der Waals surface area contributed by atoms with Crippen molar-refractivity contribution in [2.24, 2.45) is 0 Å². The van der Waals surface area contributed by atoms with Crippen LogP contribution in [0, 0.1) is 0 Å². The summed E-state index contributed by atoms with van der Waals surface area (Å²) in [5.74, 6) is 0.0468. The second kappa shape index (κ2) is 18.5. The van der Waals surface area contributed by atoms with Gasteiger partial charge in [0.05, 0.1) is 25.6 Å². The van der Waals surface area contributed by atoms with Gasteiger partial charge in [0.15, 0.2) is 0 Å². The summed E-state index contributed by atoms with van der Waals surface area (Å²) in [6.07, 6.45) is 13.0. The molecule has 30 heavy (non-hydrogen) atoms. The third kappa shape index (κ3) is 18.7. The zero-order chi connectivity index (χ0) is 22.7. The van der Waals surface area contributed by atoms with Gasteiger partial charge in [-0.15, -0.1) is 0 Å². The van der Waals surface area contributed by atoms with E-state index < -0.39 is 30.5 Å². The van der Waals surface area contributed by atoms with Gasteiger partial charge in [0.1, 0.15) is 0 Å². The van der Waals surface area contributed by atoms with Crippen molar-refractivity contribution < 1.29 is 32.0 Å². The van der Waals surface area contributed by atoms with Gasteiger partial charge >= 0.3 is 7.82 Å². The number of hydrogen-bond acceptors (Lipinski definition) is 6. The minimum absolute atomic E-state index is 0.0468. The van der Waals surface area contributed by atoms with Crippen LogP contribution in [0.4, 0.5) is 0 Å². The van der Waals surface area contributed by atoms with Crippen LogP contribution in [0.1, 0.15) is 97.3 Å². The molecule has 0 aromatic rings. The highest BCUT2D eigenvalue weighted by molar-refractivity contribution is 7.89. The van der Waals surface area contributed by atoms with Gasteiger partial charge in [0.2, 0.25) is 10.0 Å². The Labute approximate surface area is 183 Å². The van der Waals surface area contributed by atoms with Crippen molar-refractivity contribution in [3.05, 3.63) is 0 Å². The van der Waals surface area contributed by atoms with Crippen LogP contribution in [0.2, 0.25) is 0 Å². The molecular weight excluding hydrogens is 429 g/mol. The van der Waals surface area contributed by atoms with Gasteiger partial charge in [-0.3, -0.25) is 9.05 Å². The SMILES string of the molecule is CCCCCCCCCCS(=O)(=O)NC(CCCCCC)COP(=O)(O)OCCO. The number of phosphoric ester groups is 1. The van der Waals surface area contributed by atoms with Gasteiger partial charge in [-0.2, -0.15) is 0 Å². The van der Waals surface area contributed by atoms with Crippen molar-refractivity contribution in [2.45, 2.75) is 103 Å². The molecule has 0 aliphatic carbocycles. The monoisotopic (exact) mass is 473 g/mol. The maximum Gasteiger partial charge on any atom is 0.472 e. The predicted molar refractivity (Wildman–Crippen MR) is 121 cm³/mol. The van der Waals surface area contributed by atoms with E-state index >= 15 is 0 Å². The summed E-state index contributed by atoms with van der Waals surface area (Å²) in [6, 6.07) is -0.584. The molecule has 0 aliphatic rings. The van der Waals surface area contributed by atoms with Crippen LogP contribution < -0.4 is 4.72 Å². The molecule has 0 bridgehead atoms. The van der Waals surface area contributed by atoms with E-state index in [4.69, 9.17) is 9.63 Å². The average Bonchev–Trinajstić information content (AvgIpc) is 2.69. The van der Waals surface area contributed by atoms with Crippen LogP contribution in [0.15, 0.2) is 0 Å². The highest BCUT2D eigenvalue weighted by Crippen LogP contribution is 2.43. The zero-order valence-electron chi connectivity index (χ0n) is 18.9. The standard InChI is InChI=1S/C20H44NO7PS/c1-3-5-7-9-10-11-12-14-18-30(25,26)21-20(15-13-8-6-4-2)19-28-29(23,24)27-17-16-22/h20-22H,3-19H2,1-2H3,(H,23,24). The molecule has 0 spiro atoms. The number of rotatable bonds is 22. The first-order valence-corrected chi connectivity index (χ1v) is 14.6. The Morgan fingerprint density at radius 2 is 1.40 bits per heavy atom. The van der Waals surface area contributed by atoms with E-state index in [1.54, 1.807) is 0 Å². The molecule has 2 unspecified atom stereocenters. The third-order valence-corrected chi connectivity index (χ3v) is 7.31. The number of unbranched alkanes of at least 4 members (excludes halogenated alkanes) is 10. The third-order valence-electron chi connectivity index (χ3n) is 4.80. The lowest BCUT2D eigenvalue weighted by atomic mass is 10.1. The molecule has 10 heteroatoms. The number of aliphatic hydroxyl groups is 1. The van der Waals surface area contributed by atoms with E-state index in [1.807, 2.05) is 0 Å². The number of nitrogens with one attached hydrogen (secondary N) is 1. The number of phosphoric acid groups is 1. The van der Waals surface area contributed by atoms with Crippen molar-refractivity contribution in [1.29, 1.82) is 0 Å². The van der Waals surface area contributed by atoms with Crippen LogP contribution in [-0.2, 0) is 23.6 Å². The minimum atomic E-state index is -4.31. The Kier molecular flexibility index (Phi) is 18.5. The fraction of sp³-hybridized carbons (Fsp3) is 1.00. The number of aliphatic hydroxyl groups excluding tert-OH is 1. The first kappa shape index (κ1) is 30.0. The molecule has 0 heterocycles. The smallest absolute Gasteiger partial charge is 0.394 e. The summed E-state index contributed by atoms with van der Waals surface area (Å²) in [5.41, 5.74) is 0. The summed E-state index contributed by atoms with van der Waals surface area (Å²) < 4.78 is 48.8. The van der Waals surface area contributed by atoms with E-state index in [0.717, 1.165) is 44.9 Å². The number of hydrogen-bond donors (Lipinski definition) is 3. The average molecular weight is 474 g/mol. The van der Waals surface area contributed by atoms with Crippen molar-refractivity contribution in [3.63, 3.8) is 0 Å². The first-order chi connectivity index (χ1) is 14.3. The maximum absolute atomic E-state index is 12.4. The van der Waals surface area contributed by atoms with Crippen molar-refractivity contribution in [2.75, 3.05) is 25.6 Å². The van der Waals surface area contributed by atoms with Crippen molar-refractivity contribution in [1.82, 2.24) is 4.72 Å². The molecule has 3 N–H and O–H groups in total. The first-order valence-electron chi connectivity index (χ1n) is 11.5. The van der Waals surface area contributed by atoms with Crippen LogP contribution in [0.3, 0.4) is 0 Å². The van der Waals surface area contributed by atoms with Crippen molar-refractivity contribution >= 4 is 17.8 Å². The summed E-state index contributed by atoms with van der Waals surface area (Å²) in [4.78, 5) is 9.60. The molecule has 0 radical (unpaired) electrons. The van der Waals surface area contributed by atoms with Gasteiger partial charge in [0.25, 0.3) is 0 Å². The van der Waals surface area contributed by atoms with E-state index in [9.17, 15) is 17.9 Å². The fourth-order valence-corrected chi connectivity index (χ4v) is 5.26. The molecule has 0 aromatic heterocycles. The van der Waals surface area contributed by atoms with Gasteiger partial charge in [-0.25, -0.2) is 17.7 Å². The molecule has 0 aliphatic heterocycles. The lowest BCUT2D eigenvalue weighted by molar-refractivity contribution is 0.116. The van der Waals surface area contributed by atoms with E-state index in [-0.39, 0.29) is 19.0 Å². The molecule has 182 valence electrons. The van der Waals surface area contributed by atoms with Gasteiger partial charge in [0, 0.05) is 6.04 Å². The molecular formula is C20H44NO7PS. The zero-order valence-corrected chi connectivity index (χ0v) is 20.6. The second-order valence-corrected chi connectivity index (χ2v) is 11.1. The Bertz CT molecular complexity index is 545. The molecule has 0 saturated carbocycles. The van der Waals surface area contributed by atoms with Gasteiger partial charge in [-0.1, -0.05) is 84.5 Å². The Balaban J connectivity index is 4.43. The normalized spacial score (nSPS) is 15.2. The van der Waals surface area contributed by atoms with Crippen LogP contribution >= 0.6 is 7.82 Å². The summed E-state index contributed by atoms with van der Waals surface area (Å²) in [7, 11) is -7.80. The topological polar surface area (TPSA) is 122 Å². The molecule has 2 atom stereocenters. The molecule has 8 nitrogen and oxygen atoms in total. The fourth-order valence-electron chi connectivity index (χ4n) is 3.11. The molecule has 0 fully saturated rings. The Hall–Kier alpha value is -0.0200. The molecule has 0 amide bonds. The summed E-state index contributed by atoms with van der Waals surface area (Å²) in [6.45, 7) is 3.30. The number of sulfonamides is 1. The second-order valence-electron chi connectivity index (χ2n) is 7.78. The van der Waals surface area contributed by atoms with Crippen molar-refractivity contribution in [3.8, 4) is 0 Å². The Morgan fingerprint density at radius 1 is 0.867 bits per heavy atom. The van der Waals surface area contributed by atoms with Crippen LogP contribution in [0.5, 0.6) is 0 Å². The van der Waals surface area contributed by atoms with E-state index in [2.05, 4.69) is 23.1 Å². The van der Waals surface area contributed by atoms with E-state index in [1.165, 1.54) is 25.7 Å². The maximum atomic E-state index is 12.4. The largest absolute Gasteiger partial charge is 0.472 e. The van der Waals surface area contributed by atoms with Gasteiger partial charge < -0.3 is 10.00 Å². The molecule has 0 aromatic carbocycles. The lowest BCUT2D eigenvalue weighted by Crippen LogP contribution is -2.39. The van der Waals surface area contributed by atoms with Gasteiger partial charge in [-0.05, 0) is 12.8 Å². The summed E-state index contributed by atoms with van der Waals surface area (Å²) in [5, 5.41) is 8.70. The quantitative estimate of drug-likeness (QED) is 0.156. The van der Waals surface area contributed by atoms with E-state index in [0.29, 0.717) is 12.8 Å². The molecule has 0 saturated heterocycles. The van der Waals surface area contributed by atoms with Crippen LogP contribution in [0.25, 0.3) is 0 Å². The molecule has 0 rings (SSSR count). The predicted octanol–water partition coefficient (Wildman–Crippen LogP) is 4.51. The lowest BCUT2D eigenvalue weighted by Gasteiger charge is -2.20. The summed E-state index contributed by atoms with van der Waals surface area (Å²) >= 11 is 0. The Morgan fingerprint density at radius 3 is 1.97 bits per heavy atom. The highest BCUT2D eigenvalue weighted by Gasteiger charge is 2.25.